The lowest BCUT2D eigenvalue weighted by Gasteiger charge is -2.11. The maximum absolute atomic E-state index is 12.7. The van der Waals surface area contributed by atoms with Gasteiger partial charge in [-0.1, -0.05) is 48.5 Å². The van der Waals surface area contributed by atoms with Gasteiger partial charge in [0.1, 0.15) is 5.56 Å². The minimum Gasteiger partial charge on any atom is -0.464 e. The molecule has 1 aromatic heterocycles. The molecule has 0 aliphatic heterocycles. The maximum atomic E-state index is 12.7. The molecule has 6 nitrogen and oxygen atoms in total. The Bertz CT molecular complexity index is 977. The van der Waals surface area contributed by atoms with Gasteiger partial charge in [-0.05, 0) is 25.5 Å². The minimum atomic E-state index is -0.692. The molecular weight excluding hydrogens is 344 g/mol. The van der Waals surface area contributed by atoms with E-state index in [0.29, 0.717) is 5.69 Å². The van der Waals surface area contributed by atoms with Crippen LogP contribution in [0.15, 0.2) is 54.6 Å². The number of carbonyl (C=O) groups excluding carboxylic acids is 2. The van der Waals surface area contributed by atoms with Gasteiger partial charge in [-0.2, -0.15) is 5.10 Å². The van der Waals surface area contributed by atoms with Crippen molar-refractivity contribution in [1.82, 2.24) is 9.78 Å². The Labute approximate surface area is 157 Å². The van der Waals surface area contributed by atoms with Crippen molar-refractivity contribution in [2.75, 3.05) is 13.7 Å². The van der Waals surface area contributed by atoms with Crippen molar-refractivity contribution in [3.8, 4) is 16.9 Å². The summed E-state index contributed by atoms with van der Waals surface area (Å²) in [6, 6.07) is 16.9. The molecule has 0 spiro atoms. The number of benzene rings is 2. The Morgan fingerprint density at radius 1 is 1.00 bits per heavy atom. The summed E-state index contributed by atoms with van der Waals surface area (Å²) >= 11 is 0. The lowest BCUT2D eigenvalue weighted by molar-refractivity contribution is 0.0503. The quantitative estimate of drug-likeness (QED) is 0.644. The number of carbonyl (C=O) groups is 2. The van der Waals surface area contributed by atoms with Gasteiger partial charge in [-0.3, -0.25) is 0 Å². The van der Waals surface area contributed by atoms with E-state index in [-0.39, 0.29) is 17.9 Å². The third-order valence-corrected chi connectivity index (χ3v) is 4.13. The van der Waals surface area contributed by atoms with Gasteiger partial charge in [0, 0.05) is 5.56 Å². The number of nitrogens with zero attached hydrogens (tertiary/aromatic N) is 2. The highest BCUT2D eigenvalue weighted by Crippen LogP contribution is 2.31. The highest BCUT2D eigenvalue weighted by atomic mass is 16.5. The van der Waals surface area contributed by atoms with Crippen molar-refractivity contribution in [3.05, 3.63) is 71.4 Å². The number of methoxy groups -OCH3 is 1. The summed E-state index contributed by atoms with van der Waals surface area (Å²) in [7, 11) is 1.26. The molecule has 0 saturated heterocycles. The number of hydrogen-bond donors (Lipinski definition) is 0. The Morgan fingerprint density at radius 3 is 2.30 bits per heavy atom. The molecule has 0 radical (unpaired) electrons. The molecule has 1 heterocycles. The molecule has 6 heteroatoms. The van der Waals surface area contributed by atoms with Gasteiger partial charge in [-0.15, -0.1) is 0 Å². The van der Waals surface area contributed by atoms with E-state index in [4.69, 9.17) is 9.47 Å². The fraction of sp³-hybridized carbons (Fsp3) is 0.190. The smallest absolute Gasteiger partial charge is 0.359 e. The summed E-state index contributed by atoms with van der Waals surface area (Å²) in [6.07, 6.45) is 0. The predicted molar refractivity (Wildman–Crippen MR) is 101 cm³/mol. The number of aromatic nitrogens is 2. The second-order valence-corrected chi connectivity index (χ2v) is 5.85. The van der Waals surface area contributed by atoms with Gasteiger partial charge in [0.05, 0.1) is 25.1 Å². The molecule has 0 atom stereocenters. The molecule has 3 rings (SSSR count). The molecule has 0 saturated carbocycles. The second-order valence-electron chi connectivity index (χ2n) is 5.85. The molecule has 0 N–H and O–H groups in total. The first-order valence-electron chi connectivity index (χ1n) is 8.58. The van der Waals surface area contributed by atoms with Crippen LogP contribution in [0.1, 0.15) is 33.3 Å². The van der Waals surface area contributed by atoms with Crippen LogP contribution < -0.4 is 0 Å². The molecule has 27 heavy (non-hydrogen) atoms. The van der Waals surface area contributed by atoms with Gasteiger partial charge < -0.3 is 9.47 Å². The summed E-state index contributed by atoms with van der Waals surface area (Å²) in [5.74, 6) is -1.31. The monoisotopic (exact) mass is 364 g/mol. The van der Waals surface area contributed by atoms with E-state index in [1.807, 2.05) is 61.5 Å². The number of hydrogen-bond acceptors (Lipinski definition) is 5. The van der Waals surface area contributed by atoms with Crippen LogP contribution in [0.3, 0.4) is 0 Å². The van der Waals surface area contributed by atoms with E-state index in [1.165, 1.54) is 7.11 Å². The summed E-state index contributed by atoms with van der Waals surface area (Å²) in [5.41, 5.74) is 2.97. The first-order valence-corrected chi connectivity index (χ1v) is 8.58. The maximum Gasteiger partial charge on any atom is 0.359 e. The van der Waals surface area contributed by atoms with Gasteiger partial charge in [0.2, 0.25) is 0 Å². The van der Waals surface area contributed by atoms with Gasteiger partial charge in [0.15, 0.2) is 5.69 Å². The van der Waals surface area contributed by atoms with Crippen molar-refractivity contribution >= 4 is 11.9 Å². The molecule has 3 aromatic rings. The number of ether oxygens (including phenoxy) is 2. The number of esters is 2. The van der Waals surface area contributed by atoms with Crippen LogP contribution in [-0.2, 0) is 9.47 Å². The topological polar surface area (TPSA) is 70.4 Å². The molecule has 138 valence electrons. The van der Waals surface area contributed by atoms with Crippen LogP contribution in [0, 0.1) is 6.92 Å². The minimum absolute atomic E-state index is 0.0712. The lowest BCUT2D eigenvalue weighted by Crippen LogP contribution is -2.12. The molecule has 0 amide bonds. The van der Waals surface area contributed by atoms with Crippen LogP contribution in [0.2, 0.25) is 0 Å². The zero-order valence-corrected chi connectivity index (χ0v) is 15.4. The van der Waals surface area contributed by atoms with Crippen molar-refractivity contribution < 1.29 is 19.1 Å². The third kappa shape index (κ3) is 3.46. The average Bonchev–Trinajstić information content (AvgIpc) is 3.09. The van der Waals surface area contributed by atoms with Crippen molar-refractivity contribution in [2.45, 2.75) is 13.8 Å². The summed E-state index contributed by atoms with van der Waals surface area (Å²) in [6.45, 7) is 3.83. The van der Waals surface area contributed by atoms with Crippen LogP contribution >= 0.6 is 0 Å². The summed E-state index contributed by atoms with van der Waals surface area (Å²) in [5, 5.41) is 4.43. The van der Waals surface area contributed by atoms with E-state index >= 15 is 0 Å². The number of rotatable bonds is 5. The van der Waals surface area contributed by atoms with Gasteiger partial charge in [-0.25, -0.2) is 14.3 Å². The molecule has 0 aliphatic carbocycles. The van der Waals surface area contributed by atoms with Crippen molar-refractivity contribution in [2.24, 2.45) is 0 Å². The number of aryl methyl sites for hydroxylation is 1. The standard InChI is InChI=1S/C21H20N2O4/c1-4-27-20(24)17-18(21(25)26-3)22-23(16-13-9-8-10-14(16)2)19(17)15-11-6-5-7-12-15/h5-13H,4H2,1-3H3. The third-order valence-electron chi connectivity index (χ3n) is 4.13. The van der Waals surface area contributed by atoms with Crippen molar-refractivity contribution in [1.29, 1.82) is 0 Å². The van der Waals surface area contributed by atoms with E-state index in [0.717, 1.165) is 16.8 Å². The van der Waals surface area contributed by atoms with Crippen molar-refractivity contribution in [3.63, 3.8) is 0 Å². The lowest BCUT2D eigenvalue weighted by atomic mass is 10.0. The first-order chi connectivity index (χ1) is 13.1. The molecule has 0 bridgehead atoms. The molecule has 2 aromatic carbocycles. The van der Waals surface area contributed by atoms with Crippen LogP contribution in [0.5, 0.6) is 0 Å². The predicted octanol–water partition coefficient (Wildman–Crippen LogP) is 3.81. The SMILES string of the molecule is CCOC(=O)c1c(C(=O)OC)nn(-c2ccccc2C)c1-c1ccccc1. The molecule has 0 aliphatic rings. The highest BCUT2D eigenvalue weighted by Gasteiger charge is 2.31. The molecule has 0 unspecified atom stereocenters. The van der Waals surface area contributed by atoms with Gasteiger partial charge >= 0.3 is 11.9 Å². The molecule has 0 fully saturated rings. The summed E-state index contributed by atoms with van der Waals surface area (Å²) < 4.78 is 11.7. The van der Waals surface area contributed by atoms with Crippen LogP contribution in [0.25, 0.3) is 16.9 Å². The largest absolute Gasteiger partial charge is 0.464 e. The fourth-order valence-electron chi connectivity index (χ4n) is 2.89. The first kappa shape index (κ1) is 18.4. The number of para-hydroxylation sites is 1. The Morgan fingerprint density at radius 2 is 1.67 bits per heavy atom. The normalized spacial score (nSPS) is 10.5. The second kappa shape index (κ2) is 7.86. The van der Waals surface area contributed by atoms with Crippen LogP contribution in [0.4, 0.5) is 0 Å². The Balaban J connectivity index is 2.38. The van der Waals surface area contributed by atoms with E-state index < -0.39 is 11.9 Å². The summed E-state index contributed by atoms with van der Waals surface area (Å²) in [4.78, 5) is 25.1. The Kier molecular flexibility index (Phi) is 5.35. The zero-order valence-electron chi connectivity index (χ0n) is 15.4. The van der Waals surface area contributed by atoms with E-state index in [2.05, 4.69) is 5.10 Å². The molecular formula is C21H20N2O4. The Hall–Kier alpha value is -3.41. The van der Waals surface area contributed by atoms with Gasteiger partial charge in [0.25, 0.3) is 0 Å². The van der Waals surface area contributed by atoms with E-state index in [9.17, 15) is 9.59 Å². The fourth-order valence-corrected chi connectivity index (χ4v) is 2.89. The van der Waals surface area contributed by atoms with E-state index in [1.54, 1.807) is 11.6 Å². The average molecular weight is 364 g/mol. The van der Waals surface area contributed by atoms with Crippen LogP contribution in [-0.4, -0.2) is 35.4 Å². The zero-order chi connectivity index (χ0) is 19.4. The highest BCUT2D eigenvalue weighted by molar-refractivity contribution is 6.06.